The average molecular weight is 213 g/mol. The van der Waals surface area contributed by atoms with Crippen molar-refractivity contribution in [2.24, 2.45) is 0 Å². The van der Waals surface area contributed by atoms with Crippen molar-refractivity contribution in [3.8, 4) is 0 Å². The summed E-state index contributed by atoms with van der Waals surface area (Å²) in [6.45, 7) is 9.46. The molecule has 0 radical (unpaired) electrons. The molecule has 0 unspecified atom stereocenters. The van der Waals surface area contributed by atoms with Crippen LogP contribution >= 0.6 is 0 Å². The van der Waals surface area contributed by atoms with Crippen molar-refractivity contribution < 1.29 is 21.7 Å². The third-order valence-corrected chi connectivity index (χ3v) is 3.32. The molecule has 0 atom stereocenters. The Morgan fingerprint density at radius 3 is 2.33 bits per heavy atom. The number of hydrogen-bond donors (Lipinski definition) is 0. The predicted octanol–water partition coefficient (Wildman–Crippen LogP) is 3.40. The van der Waals surface area contributed by atoms with E-state index in [0.717, 1.165) is 6.42 Å². The van der Waals surface area contributed by atoms with Crippen LogP contribution in [0.3, 0.4) is 0 Å². The molecule has 12 heavy (non-hydrogen) atoms. The monoisotopic (exact) mass is 213 g/mol. The summed E-state index contributed by atoms with van der Waals surface area (Å²) in [4.78, 5) is 0. The SMILES string of the molecule is CC1=C(C[Si](C)(C)C)[C-]=CC1.[Ti]. The van der Waals surface area contributed by atoms with Crippen LogP contribution in [0.5, 0.6) is 0 Å². The molecule has 0 N–H and O–H groups in total. The van der Waals surface area contributed by atoms with Crippen LogP contribution in [0, 0.1) is 6.08 Å². The average Bonchev–Trinajstić information content (AvgIpc) is 2.12. The molecule has 0 bridgehead atoms. The Morgan fingerprint density at radius 2 is 2.00 bits per heavy atom. The van der Waals surface area contributed by atoms with Crippen molar-refractivity contribution in [1.29, 1.82) is 0 Å². The molecule has 1 aliphatic rings. The molecule has 2 heteroatoms. The molecule has 0 spiro atoms. The molecule has 0 aromatic heterocycles. The van der Waals surface area contributed by atoms with Gasteiger partial charge in [-0.25, -0.2) is 11.1 Å². The summed E-state index contributed by atoms with van der Waals surface area (Å²) in [5.41, 5.74) is 3.02. The van der Waals surface area contributed by atoms with Gasteiger partial charge in [-0.15, -0.1) is 6.92 Å². The normalized spacial score (nSPS) is 16.7. The summed E-state index contributed by atoms with van der Waals surface area (Å²) in [7, 11) is -0.904. The Labute approximate surface area is 92.0 Å². The van der Waals surface area contributed by atoms with Crippen LogP contribution in [0.1, 0.15) is 13.3 Å². The van der Waals surface area contributed by atoms with Gasteiger partial charge in [0.2, 0.25) is 0 Å². The zero-order valence-corrected chi connectivity index (χ0v) is 11.1. The van der Waals surface area contributed by atoms with E-state index in [4.69, 9.17) is 0 Å². The fraction of sp³-hybridized carbons (Fsp3) is 0.600. The molecular weight excluding hydrogens is 196 g/mol. The molecule has 0 saturated carbocycles. The third-order valence-electron chi connectivity index (χ3n) is 1.91. The third kappa shape index (κ3) is 3.88. The molecule has 0 aromatic carbocycles. The Kier molecular flexibility index (Phi) is 4.75. The van der Waals surface area contributed by atoms with Crippen LogP contribution < -0.4 is 0 Å². The van der Waals surface area contributed by atoms with E-state index in [9.17, 15) is 0 Å². The van der Waals surface area contributed by atoms with Gasteiger partial charge < -0.3 is 0 Å². The molecular formula is C10H17SiTi-. The maximum Gasteiger partial charge on any atom is 0.0456 e. The largest absolute Gasteiger partial charge is 0.253 e. The van der Waals surface area contributed by atoms with Gasteiger partial charge in [-0.3, -0.25) is 6.08 Å². The van der Waals surface area contributed by atoms with Gasteiger partial charge in [0.15, 0.2) is 0 Å². The maximum absolute atomic E-state index is 3.35. The van der Waals surface area contributed by atoms with Crippen molar-refractivity contribution in [2.75, 3.05) is 0 Å². The topological polar surface area (TPSA) is 0 Å². The second-order valence-electron chi connectivity index (χ2n) is 4.55. The van der Waals surface area contributed by atoms with Gasteiger partial charge in [0.25, 0.3) is 0 Å². The zero-order valence-electron chi connectivity index (χ0n) is 8.49. The molecule has 66 valence electrons. The molecule has 0 heterocycles. The van der Waals surface area contributed by atoms with Crippen molar-refractivity contribution in [1.82, 2.24) is 0 Å². The smallest absolute Gasteiger partial charge is 0.0456 e. The molecule has 1 aliphatic carbocycles. The number of hydrogen-bond acceptors (Lipinski definition) is 0. The van der Waals surface area contributed by atoms with E-state index in [1.807, 2.05) is 0 Å². The van der Waals surface area contributed by atoms with Gasteiger partial charge in [0.05, 0.1) is 0 Å². The molecule has 0 amide bonds. The summed E-state index contributed by atoms with van der Waals surface area (Å²) in [6, 6.07) is 1.30. The van der Waals surface area contributed by atoms with Crippen molar-refractivity contribution in [3.05, 3.63) is 23.3 Å². The minimum atomic E-state index is -0.904. The minimum absolute atomic E-state index is 0. The Bertz CT molecular complexity index is 208. The Balaban J connectivity index is 0.00000121. The summed E-state index contributed by atoms with van der Waals surface area (Å²) in [6.07, 6.45) is 6.65. The van der Waals surface area contributed by atoms with Crippen molar-refractivity contribution >= 4 is 8.07 Å². The molecule has 0 aromatic rings. The fourth-order valence-corrected chi connectivity index (χ4v) is 2.77. The van der Waals surface area contributed by atoms with Gasteiger partial charge >= 0.3 is 0 Å². The molecule has 1 rings (SSSR count). The van der Waals surface area contributed by atoms with Gasteiger partial charge in [0.1, 0.15) is 0 Å². The van der Waals surface area contributed by atoms with Crippen LogP contribution in [0.15, 0.2) is 17.2 Å². The second-order valence-corrected chi connectivity index (χ2v) is 10.0. The second kappa shape index (κ2) is 4.59. The van der Waals surface area contributed by atoms with E-state index in [1.54, 1.807) is 0 Å². The summed E-state index contributed by atoms with van der Waals surface area (Å²) in [5.74, 6) is 0. The van der Waals surface area contributed by atoms with Gasteiger partial charge in [0, 0.05) is 29.8 Å². The first-order valence-corrected chi connectivity index (χ1v) is 7.96. The van der Waals surface area contributed by atoms with Gasteiger partial charge in [-0.2, -0.15) is 6.08 Å². The molecule has 0 nitrogen and oxygen atoms in total. The van der Waals surface area contributed by atoms with Crippen LogP contribution in [0.2, 0.25) is 25.7 Å². The number of rotatable bonds is 2. The van der Waals surface area contributed by atoms with Gasteiger partial charge in [-0.1, -0.05) is 32.1 Å². The van der Waals surface area contributed by atoms with E-state index in [-0.39, 0.29) is 21.7 Å². The van der Waals surface area contributed by atoms with Crippen LogP contribution in [0.4, 0.5) is 0 Å². The fourth-order valence-electron chi connectivity index (χ4n) is 1.31. The first-order chi connectivity index (χ1) is 4.99. The van der Waals surface area contributed by atoms with Crippen LogP contribution in [-0.4, -0.2) is 8.07 Å². The first-order valence-electron chi connectivity index (χ1n) is 4.26. The maximum atomic E-state index is 3.35. The molecule has 0 fully saturated rings. The standard InChI is InChI=1S/C10H17Si.Ti/c1-9-6-5-7-10(9)8-11(2,3)4;/h5H,6,8H2,1-4H3;/q-1;. The van der Waals surface area contributed by atoms with Crippen LogP contribution in [-0.2, 0) is 21.7 Å². The Hall–Kier alpha value is 0.411. The minimum Gasteiger partial charge on any atom is -0.253 e. The number of allylic oxidation sites excluding steroid dienone is 4. The predicted molar refractivity (Wildman–Crippen MR) is 53.3 cm³/mol. The van der Waals surface area contributed by atoms with Crippen LogP contribution in [0.25, 0.3) is 0 Å². The summed E-state index contributed by atoms with van der Waals surface area (Å²) in [5, 5.41) is 0. The van der Waals surface area contributed by atoms with E-state index in [1.165, 1.54) is 17.2 Å². The quantitative estimate of drug-likeness (QED) is 0.487. The van der Waals surface area contributed by atoms with E-state index >= 15 is 0 Å². The van der Waals surface area contributed by atoms with Crippen molar-refractivity contribution in [3.63, 3.8) is 0 Å². The summed E-state index contributed by atoms with van der Waals surface area (Å²) >= 11 is 0. The van der Waals surface area contributed by atoms with E-state index < -0.39 is 8.07 Å². The van der Waals surface area contributed by atoms with E-state index in [0.29, 0.717) is 0 Å². The van der Waals surface area contributed by atoms with Gasteiger partial charge in [-0.05, 0) is 0 Å². The molecule has 0 saturated heterocycles. The van der Waals surface area contributed by atoms with Crippen molar-refractivity contribution in [2.45, 2.75) is 39.0 Å². The Morgan fingerprint density at radius 1 is 1.42 bits per heavy atom. The molecule has 0 aliphatic heterocycles. The zero-order chi connectivity index (χ0) is 8.48. The summed E-state index contributed by atoms with van der Waals surface area (Å²) < 4.78 is 0. The van der Waals surface area contributed by atoms with E-state index in [2.05, 4.69) is 38.7 Å². The first kappa shape index (κ1) is 12.4.